The Labute approximate surface area is 230 Å². The predicted molar refractivity (Wildman–Crippen MR) is 149 cm³/mol. The van der Waals surface area contributed by atoms with Crippen LogP contribution in [-0.2, 0) is 5.41 Å². The van der Waals surface area contributed by atoms with Crippen molar-refractivity contribution in [3.05, 3.63) is 110 Å². The number of fused-ring (bicyclic) bond motifs is 10. The van der Waals surface area contributed by atoms with Gasteiger partial charge in [-0.05, 0) is 135 Å². The second-order valence-corrected chi connectivity index (χ2v) is 12.5. The highest BCUT2D eigenvalue weighted by atomic mass is 79.9. The molecule has 0 amide bonds. The van der Waals surface area contributed by atoms with Crippen LogP contribution in [-0.4, -0.2) is 0 Å². The van der Waals surface area contributed by atoms with Crippen LogP contribution in [0.2, 0.25) is 0 Å². The quantitative estimate of drug-likeness (QED) is 0.106. The maximum absolute atomic E-state index is 3.98. The number of hydrogen-bond acceptors (Lipinski definition) is 0. The van der Waals surface area contributed by atoms with E-state index in [0.717, 1.165) is 26.8 Å². The van der Waals surface area contributed by atoms with Crippen LogP contribution in [0.15, 0.2) is 87.5 Å². The van der Waals surface area contributed by atoms with E-state index in [9.17, 15) is 0 Å². The summed E-state index contributed by atoms with van der Waals surface area (Å²) >= 11 is 23.2. The maximum atomic E-state index is 3.98. The predicted octanol–water partition coefficient (Wildman–Crippen LogP) is 10.6. The van der Waals surface area contributed by atoms with Crippen LogP contribution in [0.4, 0.5) is 0 Å². The molecule has 2 aliphatic carbocycles. The Hall–Kier alpha value is -0.240. The van der Waals surface area contributed by atoms with Crippen molar-refractivity contribution in [2.45, 2.75) is 5.41 Å². The monoisotopic (exact) mass is 784 g/mol. The lowest BCUT2D eigenvalue weighted by Gasteiger charge is -2.31. The van der Waals surface area contributed by atoms with Crippen LogP contribution >= 0.6 is 95.6 Å². The van der Waals surface area contributed by atoms with Gasteiger partial charge in [-0.2, -0.15) is 0 Å². The van der Waals surface area contributed by atoms with Crippen LogP contribution in [0.5, 0.6) is 0 Å². The molecule has 31 heavy (non-hydrogen) atoms. The first kappa shape index (κ1) is 21.3. The van der Waals surface area contributed by atoms with Crippen molar-refractivity contribution in [2.24, 2.45) is 0 Å². The molecule has 0 nitrogen and oxygen atoms in total. The minimum absolute atomic E-state index is 0.411. The Morgan fingerprint density at radius 3 is 1.61 bits per heavy atom. The fraction of sp³-hybridized carbons (Fsp3) is 0.0400. The highest BCUT2D eigenvalue weighted by Gasteiger charge is 2.54. The Kier molecular flexibility index (Phi) is 5.07. The van der Waals surface area contributed by atoms with E-state index in [-0.39, 0.29) is 0 Å². The molecule has 0 saturated carbocycles. The molecular weight excluding hydrogens is 780 g/mol. The molecule has 0 N–H and O–H groups in total. The average Bonchev–Trinajstić information content (AvgIpc) is 3.26. The summed E-state index contributed by atoms with van der Waals surface area (Å²) in [6.45, 7) is 0. The molecule has 0 saturated heterocycles. The minimum Gasteiger partial charge on any atom is -0.0619 e. The summed E-state index contributed by atoms with van der Waals surface area (Å²) in [6, 6.07) is 22.0. The molecule has 0 bridgehead atoms. The summed E-state index contributed by atoms with van der Waals surface area (Å²) in [5.41, 5.74) is 9.72. The van der Waals surface area contributed by atoms with Gasteiger partial charge in [0, 0.05) is 38.0 Å². The summed E-state index contributed by atoms with van der Waals surface area (Å²) in [7, 11) is 0. The van der Waals surface area contributed by atoms with Crippen LogP contribution in [0.1, 0.15) is 22.3 Å². The van der Waals surface area contributed by atoms with E-state index in [4.69, 9.17) is 0 Å². The van der Waals surface area contributed by atoms with E-state index in [1.165, 1.54) is 44.5 Å². The van der Waals surface area contributed by atoms with E-state index < -0.39 is 5.41 Å². The van der Waals surface area contributed by atoms with Crippen molar-refractivity contribution < 1.29 is 0 Å². The van der Waals surface area contributed by atoms with Crippen molar-refractivity contribution in [3.63, 3.8) is 0 Å². The molecule has 0 atom stereocenters. The van der Waals surface area contributed by atoms with E-state index in [1.54, 1.807) is 0 Å². The molecule has 0 fully saturated rings. The Morgan fingerprint density at radius 2 is 1.00 bits per heavy atom. The largest absolute Gasteiger partial charge is 0.0737 e. The summed E-state index contributed by atoms with van der Waals surface area (Å²) in [5, 5.41) is 0. The van der Waals surface area contributed by atoms with Crippen LogP contribution < -0.4 is 0 Å². The average molecular weight is 790 g/mol. The fourth-order valence-corrected chi connectivity index (χ4v) is 8.74. The molecule has 1 spiro atoms. The Balaban J connectivity index is 1.94. The van der Waals surface area contributed by atoms with E-state index >= 15 is 0 Å². The lowest BCUT2D eigenvalue weighted by molar-refractivity contribution is 0.787. The zero-order valence-corrected chi connectivity index (χ0v) is 25.1. The van der Waals surface area contributed by atoms with E-state index in [2.05, 4.69) is 156 Å². The maximum Gasteiger partial charge on any atom is 0.0737 e. The Bertz CT molecular complexity index is 1410. The standard InChI is InChI=1S/C25H10Br6/c26-16-10-9-15-17(20(16)27)18-19(22(29)24(31)23(30)21(18)28)25(15)13-7-3-1-5-11(13)12-6-2-4-8-14(12)25/h1-10H. The number of halogens is 6. The van der Waals surface area contributed by atoms with Gasteiger partial charge in [-0.3, -0.25) is 0 Å². The molecule has 2 aliphatic rings. The van der Waals surface area contributed by atoms with Gasteiger partial charge >= 0.3 is 0 Å². The molecule has 0 aliphatic heterocycles. The first-order valence-corrected chi connectivity index (χ1v) is 14.2. The highest BCUT2D eigenvalue weighted by molar-refractivity contribution is 9.15. The third-order valence-corrected chi connectivity index (χ3v) is 13.1. The molecule has 152 valence electrons. The smallest absolute Gasteiger partial charge is 0.0619 e. The van der Waals surface area contributed by atoms with Crippen LogP contribution in [0.25, 0.3) is 22.3 Å². The number of rotatable bonds is 0. The normalized spacial score (nSPS) is 14.4. The van der Waals surface area contributed by atoms with Gasteiger partial charge in [-0.25, -0.2) is 0 Å². The first-order valence-electron chi connectivity index (χ1n) is 9.45. The molecule has 6 heteroatoms. The molecule has 0 aromatic heterocycles. The van der Waals surface area contributed by atoms with Gasteiger partial charge in [0.2, 0.25) is 0 Å². The first-order chi connectivity index (χ1) is 14.9. The number of benzene rings is 4. The topological polar surface area (TPSA) is 0 Å². The lowest BCUT2D eigenvalue weighted by Crippen LogP contribution is -2.26. The van der Waals surface area contributed by atoms with Gasteiger partial charge in [0.15, 0.2) is 0 Å². The van der Waals surface area contributed by atoms with Gasteiger partial charge in [0.1, 0.15) is 0 Å². The van der Waals surface area contributed by atoms with Gasteiger partial charge in [0.05, 0.1) is 5.41 Å². The second-order valence-electron chi connectivity index (χ2n) is 7.63. The van der Waals surface area contributed by atoms with Gasteiger partial charge < -0.3 is 0 Å². The van der Waals surface area contributed by atoms with Gasteiger partial charge in [-0.15, -0.1) is 0 Å². The van der Waals surface area contributed by atoms with Gasteiger partial charge in [-0.1, -0.05) is 54.6 Å². The summed E-state index contributed by atoms with van der Waals surface area (Å²) in [6.07, 6.45) is 0. The van der Waals surface area contributed by atoms with Crippen molar-refractivity contribution in [1.29, 1.82) is 0 Å². The number of hydrogen-bond donors (Lipinski definition) is 0. The summed E-state index contributed by atoms with van der Waals surface area (Å²) in [4.78, 5) is 0. The zero-order chi connectivity index (χ0) is 21.7. The summed E-state index contributed by atoms with van der Waals surface area (Å²) < 4.78 is 6.19. The van der Waals surface area contributed by atoms with Crippen LogP contribution in [0.3, 0.4) is 0 Å². The zero-order valence-electron chi connectivity index (χ0n) is 15.5. The highest BCUT2D eigenvalue weighted by Crippen LogP contribution is 2.68. The molecule has 0 heterocycles. The SMILES string of the molecule is Brc1ccc2c(c1Br)-c1c(Br)c(Br)c(Br)c(Br)c1C21c2ccccc2-c2ccccc21. The second kappa shape index (κ2) is 7.38. The van der Waals surface area contributed by atoms with Crippen molar-refractivity contribution >= 4 is 95.6 Å². The van der Waals surface area contributed by atoms with Crippen LogP contribution in [0, 0.1) is 0 Å². The summed E-state index contributed by atoms with van der Waals surface area (Å²) in [5.74, 6) is 0. The van der Waals surface area contributed by atoms with E-state index in [1.807, 2.05) is 0 Å². The fourth-order valence-electron chi connectivity index (χ4n) is 5.26. The van der Waals surface area contributed by atoms with Crippen molar-refractivity contribution in [1.82, 2.24) is 0 Å². The third kappa shape index (κ3) is 2.55. The molecular formula is C25H10Br6. The third-order valence-electron chi connectivity index (χ3n) is 6.34. The van der Waals surface area contributed by atoms with Crippen molar-refractivity contribution in [2.75, 3.05) is 0 Å². The van der Waals surface area contributed by atoms with E-state index in [0.29, 0.717) is 0 Å². The molecule has 4 aromatic rings. The van der Waals surface area contributed by atoms with Crippen molar-refractivity contribution in [3.8, 4) is 22.3 Å². The Morgan fingerprint density at radius 1 is 0.452 bits per heavy atom. The van der Waals surface area contributed by atoms with Gasteiger partial charge in [0.25, 0.3) is 0 Å². The molecule has 6 rings (SSSR count). The molecule has 0 unspecified atom stereocenters. The lowest BCUT2D eigenvalue weighted by atomic mass is 9.70. The molecule has 0 radical (unpaired) electrons. The molecule has 4 aromatic carbocycles. The minimum atomic E-state index is -0.411.